The van der Waals surface area contributed by atoms with Crippen LogP contribution in [0.5, 0.6) is 0 Å². The third kappa shape index (κ3) is 4.89. The fourth-order valence-electron chi connectivity index (χ4n) is 1.47. The Labute approximate surface area is 112 Å². The van der Waals surface area contributed by atoms with Crippen LogP contribution in [0.4, 0.5) is 0 Å². The number of nitrogens with one attached hydrogen (secondary N) is 1. The largest absolute Gasteiger partial charge is 0.313 e. The Morgan fingerprint density at radius 1 is 1.25 bits per heavy atom. The van der Waals surface area contributed by atoms with Crippen molar-refractivity contribution in [2.45, 2.75) is 31.7 Å². The Kier molecular flexibility index (Phi) is 6.47. The molecule has 0 saturated carbocycles. The van der Waals surface area contributed by atoms with Gasteiger partial charge in [-0.3, -0.25) is 0 Å². The highest BCUT2D eigenvalue weighted by Crippen LogP contribution is 2.22. The van der Waals surface area contributed by atoms with Gasteiger partial charge in [-0.1, -0.05) is 36.7 Å². The quantitative estimate of drug-likeness (QED) is 0.791. The van der Waals surface area contributed by atoms with Crippen LogP contribution < -0.4 is 5.32 Å². The number of thioether (sulfide) groups is 1. The van der Waals surface area contributed by atoms with Crippen molar-refractivity contribution >= 4 is 27.7 Å². The summed E-state index contributed by atoms with van der Waals surface area (Å²) in [7, 11) is 0. The predicted molar refractivity (Wildman–Crippen MR) is 77.2 cm³/mol. The maximum Gasteiger partial charge on any atom is 0.0184 e. The zero-order valence-corrected chi connectivity index (χ0v) is 12.6. The van der Waals surface area contributed by atoms with Gasteiger partial charge in [0.05, 0.1) is 0 Å². The van der Waals surface area contributed by atoms with E-state index in [4.69, 9.17) is 0 Å². The fraction of sp³-hybridized carbons (Fsp3) is 0.538. The van der Waals surface area contributed by atoms with E-state index in [0.717, 1.165) is 16.8 Å². The number of hydrogen-bond acceptors (Lipinski definition) is 2. The third-order valence-electron chi connectivity index (χ3n) is 2.51. The second-order valence-corrected chi connectivity index (χ2v) is 6.18. The van der Waals surface area contributed by atoms with Crippen LogP contribution in [0.15, 0.2) is 33.6 Å². The summed E-state index contributed by atoms with van der Waals surface area (Å²) in [5, 5.41) is 3.53. The van der Waals surface area contributed by atoms with Crippen LogP contribution in [-0.2, 0) is 0 Å². The molecule has 0 heterocycles. The van der Waals surface area contributed by atoms with Crippen molar-refractivity contribution in [3.05, 3.63) is 28.7 Å². The summed E-state index contributed by atoms with van der Waals surface area (Å²) in [6, 6.07) is 9.12. The van der Waals surface area contributed by atoms with Crippen LogP contribution in [-0.4, -0.2) is 18.3 Å². The van der Waals surface area contributed by atoms with E-state index >= 15 is 0 Å². The van der Waals surface area contributed by atoms with E-state index in [9.17, 15) is 0 Å². The third-order valence-corrected chi connectivity index (χ3v) is 4.17. The van der Waals surface area contributed by atoms with Crippen molar-refractivity contribution < 1.29 is 0 Å². The van der Waals surface area contributed by atoms with Gasteiger partial charge in [-0.05, 0) is 36.7 Å². The van der Waals surface area contributed by atoms with E-state index < -0.39 is 0 Å². The van der Waals surface area contributed by atoms with Gasteiger partial charge in [-0.15, -0.1) is 11.8 Å². The molecule has 0 fully saturated rings. The highest BCUT2D eigenvalue weighted by Gasteiger charge is 2.11. The molecule has 16 heavy (non-hydrogen) atoms. The molecular formula is C13H20BrNS. The highest BCUT2D eigenvalue weighted by molar-refractivity contribution is 9.10. The zero-order chi connectivity index (χ0) is 12.0. The highest BCUT2D eigenvalue weighted by atomic mass is 79.9. The molecular weight excluding hydrogens is 282 g/mol. The minimum Gasteiger partial charge on any atom is -0.313 e. The molecule has 0 bridgehead atoms. The lowest BCUT2D eigenvalue weighted by atomic mass is 10.1. The van der Waals surface area contributed by atoms with Gasteiger partial charge in [0.1, 0.15) is 0 Å². The van der Waals surface area contributed by atoms with Crippen LogP contribution in [0.3, 0.4) is 0 Å². The van der Waals surface area contributed by atoms with E-state index in [1.54, 1.807) is 0 Å². The molecule has 0 amide bonds. The average Bonchev–Trinajstić information content (AvgIpc) is 2.26. The summed E-state index contributed by atoms with van der Waals surface area (Å²) in [5.74, 6) is 1.82. The Bertz CT molecular complexity index is 297. The minimum absolute atomic E-state index is 0.596. The van der Waals surface area contributed by atoms with Crippen molar-refractivity contribution in [2.24, 2.45) is 5.92 Å². The maximum absolute atomic E-state index is 3.53. The second-order valence-electron chi connectivity index (χ2n) is 4.17. The Balaban J connectivity index is 2.45. The van der Waals surface area contributed by atoms with Gasteiger partial charge in [0.25, 0.3) is 0 Å². The molecule has 1 nitrogen and oxygen atoms in total. The monoisotopic (exact) mass is 301 g/mol. The van der Waals surface area contributed by atoms with Crippen LogP contribution in [0.2, 0.25) is 0 Å². The SMILES string of the molecule is CCNC(CSc1ccc(Br)cc1)C(C)C. The number of benzene rings is 1. The summed E-state index contributed by atoms with van der Waals surface area (Å²) in [5.41, 5.74) is 0. The standard InChI is InChI=1S/C13H20BrNS/c1-4-15-13(10(2)3)9-16-12-7-5-11(14)6-8-12/h5-8,10,13,15H,4,9H2,1-3H3. The van der Waals surface area contributed by atoms with Crippen LogP contribution in [0, 0.1) is 5.92 Å². The number of halogens is 1. The molecule has 0 aliphatic carbocycles. The molecule has 0 spiro atoms. The van der Waals surface area contributed by atoms with Gasteiger partial charge in [-0.25, -0.2) is 0 Å². The predicted octanol–water partition coefficient (Wildman–Crippen LogP) is 4.18. The van der Waals surface area contributed by atoms with E-state index in [2.05, 4.69) is 66.3 Å². The molecule has 1 rings (SSSR count). The summed E-state index contributed by atoms with van der Waals surface area (Å²) in [6.07, 6.45) is 0. The van der Waals surface area contributed by atoms with Crippen LogP contribution in [0.25, 0.3) is 0 Å². The first-order chi connectivity index (χ1) is 7.63. The van der Waals surface area contributed by atoms with Gasteiger partial charge < -0.3 is 5.32 Å². The van der Waals surface area contributed by atoms with E-state index in [1.807, 2.05) is 11.8 Å². The first kappa shape index (κ1) is 14.1. The number of hydrogen-bond donors (Lipinski definition) is 1. The van der Waals surface area contributed by atoms with Crippen LogP contribution in [0.1, 0.15) is 20.8 Å². The molecule has 0 radical (unpaired) electrons. The molecule has 1 unspecified atom stereocenters. The molecule has 1 aromatic carbocycles. The van der Waals surface area contributed by atoms with Crippen molar-refractivity contribution in [2.75, 3.05) is 12.3 Å². The molecule has 1 atom stereocenters. The summed E-state index contributed by atoms with van der Waals surface area (Å²) in [6.45, 7) is 7.76. The molecule has 1 aromatic rings. The van der Waals surface area contributed by atoms with Crippen molar-refractivity contribution in [1.82, 2.24) is 5.32 Å². The van der Waals surface area contributed by atoms with E-state index in [1.165, 1.54) is 4.90 Å². The van der Waals surface area contributed by atoms with Crippen molar-refractivity contribution in [3.8, 4) is 0 Å². The van der Waals surface area contributed by atoms with E-state index in [-0.39, 0.29) is 0 Å². The molecule has 0 aliphatic rings. The van der Waals surface area contributed by atoms with E-state index in [0.29, 0.717) is 12.0 Å². The Morgan fingerprint density at radius 2 is 1.88 bits per heavy atom. The zero-order valence-electron chi connectivity index (χ0n) is 10.2. The Hall–Kier alpha value is 0.01000. The molecule has 1 N–H and O–H groups in total. The lowest BCUT2D eigenvalue weighted by molar-refractivity contribution is 0.443. The smallest absolute Gasteiger partial charge is 0.0184 e. The number of rotatable bonds is 6. The maximum atomic E-state index is 3.53. The molecule has 0 aromatic heterocycles. The summed E-state index contributed by atoms with van der Waals surface area (Å²) in [4.78, 5) is 1.34. The first-order valence-electron chi connectivity index (χ1n) is 5.75. The van der Waals surface area contributed by atoms with Crippen molar-refractivity contribution in [3.63, 3.8) is 0 Å². The Morgan fingerprint density at radius 3 is 2.38 bits per heavy atom. The normalized spacial score (nSPS) is 13.1. The van der Waals surface area contributed by atoms with Gasteiger partial charge in [0.15, 0.2) is 0 Å². The second kappa shape index (κ2) is 7.36. The molecule has 3 heteroatoms. The van der Waals surface area contributed by atoms with Gasteiger partial charge >= 0.3 is 0 Å². The average molecular weight is 302 g/mol. The van der Waals surface area contributed by atoms with Gasteiger partial charge in [-0.2, -0.15) is 0 Å². The fourth-order valence-corrected chi connectivity index (χ4v) is 2.93. The molecule has 0 aliphatic heterocycles. The molecule has 0 saturated heterocycles. The molecule has 90 valence electrons. The lowest BCUT2D eigenvalue weighted by Crippen LogP contribution is -2.35. The minimum atomic E-state index is 0.596. The summed E-state index contributed by atoms with van der Waals surface area (Å²) >= 11 is 5.37. The van der Waals surface area contributed by atoms with Crippen LogP contribution >= 0.6 is 27.7 Å². The first-order valence-corrected chi connectivity index (χ1v) is 7.53. The van der Waals surface area contributed by atoms with Crippen molar-refractivity contribution in [1.29, 1.82) is 0 Å². The topological polar surface area (TPSA) is 12.0 Å². The summed E-state index contributed by atoms with van der Waals surface area (Å²) < 4.78 is 1.14. The van der Waals surface area contributed by atoms with Gasteiger partial charge in [0.2, 0.25) is 0 Å². The van der Waals surface area contributed by atoms with Gasteiger partial charge in [0, 0.05) is 21.2 Å². The lowest BCUT2D eigenvalue weighted by Gasteiger charge is -2.21.